The van der Waals surface area contributed by atoms with E-state index in [1.807, 2.05) is 0 Å². The first-order valence-electron chi connectivity index (χ1n) is 4.12. The van der Waals surface area contributed by atoms with E-state index in [1.54, 1.807) is 0 Å². The molecule has 0 aliphatic carbocycles. The molecule has 0 saturated heterocycles. The third-order valence-corrected chi connectivity index (χ3v) is 2.19. The maximum Gasteiger partial charge on any atom is 0.0378 e. The molecule has 0 radical (unpaired) electrons. The molecule has 0 amide bonds. The summed E-state index contributed by atoms with van der Waals surface area (Å²) >= 11 is 0. The average Bonchev–Trinajstić information content (AvgIpc) is 2.27. The molecule has 11 heavy (non-hydrogen) atoms. The lowest BCUT2D eigenvalue weighted by molar-refractivity contribution is 0.839. The van der Waals surface area contributed by atoms with Gasteiger partial charge in [0.05, 0.1) is 0 Å². The van der Waals surface area contributed by atoms with Crippen LogP contribution < -0.4 is 5.32 Å². The number of hydrogen-bond donors (Lipinski definition) is 1. The normalized spacial score (nSPS) is 21.1. The molecule has 1 N–H and O–H groups in total. The van der Waals surface area contributed by atoms with Gasteiger partial charge in [0.2, 0.25) is 0 Å². The van der Waals surface area contributed by atoms with Gasteiger partial charge in [0.1, 0.15) is 0 Å². The molecule has 0 fully saturated rings. The molecule has 0 aromatic heterocycles. The van der Waals surface area contributed by atoms with Crippen LogP contribution in [0, 0.1) is 6.92 Å². The first-order chi connectivity index (χ1) is 5.25. The summed E-state index contributed by atoms with van der Waals surface area (Å²) in [6, 6.07) is 7.24. The Morgan fingerprint density at radius 3 is 3.09 bits per heavy atom. The molecule has 1 atom stereocenters. The molecule has 1 nitrogen and oxygen atoms in total. The van der Waals surface area contributed by atoms with Crippen LogP contribution in [0.3, 0.4) is 0 Å². The monoisotopic (exact) mass is 147 g/mol. The Balaban J connectivity index is 2.43. The van der Waals surface area contributed by atoms with Crippen LogP contribution in [0.5, 0.6) is 0 Å². The molecule has 0 spiro atoms. The van der Waals surface area contributed by atoms with E-state index in [-0.39, 0.29) is 0 Å². The number of hydrogen-bond acceptors (Lipinski definition) is 1. The summed E-state index contributed by atoms with van der Waals surface area (Å²) < 4.78 is 0. The van der Waals surface area contributed by atoms with Gasteiger partial charge in [-0.25, -0.2) is 0 Å². The summed E-state index contributed by atoms with van der Waals surface area (Å²) in [5.74, 6) is 0. The minimum Gasteiger partial charge on any atom is -0.382 e. The standard InChI is InChI=1S/C10H13N/c1-7-3-4-9-6-8(2)11-10(9)5-7/h3-5,8,11H,6H2,1-2H3/t8-/m0/s1. The molecule has 0 bridgehead atoms. The SMILES string of the molecule is Cc1ccc2c(c1)N[C@@H](C)C2. The van der Waals surface area contributed by atoms with E-state index < -0.39 is 0 Å². The summed E-state index contributed by atoms with van der Waals surface area (Å²) in [4.78, 5) is 0. The Morgan fingerprint density at radius 1 is 1.45 bits per heavy atom. The number of benzene rings is 1. The van der Waals surface area contributed by atoms with Gasteiger partial charge < -0.3 is 5.32 Å². The van der Waals surface area contributed by atoms with Gasteiger partial charge in [0, 0.05) is 11.7 Å². The molecular formula is C10H13N. The van der Waals surface area contributed by atoms with Gasteiger partial charge in [0.15, 0.2) is 0 Å². The van der Waals surface area contributed by atoms with Gasteiger partial charge in [-0.15, -0.1) is 0 Å². The zero-order chi connectivity index (χ0) is 7.84. The molecular weight excluding hydrogens is 134 g/mol. The van der Waals surface area contributed by atoms with Crippen LogP contribution in [-0.4, -0.2) is 6.04 Å². The van der Waals surface area contributed by atoms with Crippen molar-refractivity contribution in [3.63, 3.8) is 0 Å². The van der Waals surface area contributed by atoms with Crippen LogP contribution in [0.15, 0.2) is 18.2 Å². The fourth-order valence-corrected chi connectivity index (χ4v) is 1.65. The second-order valence-corrected chi connectivity index (χ2v) is 3.41. The lowest BCUT2D eigenvalue weighted by atomic mass is 10.1. The predicted octanol–water partition coefficient (Wildman–Crippen LogP) is 2.35. The first-order valence-corrected chi connectivity index (χ1v) is 4.12. The third kappa shape index (κ3) is 1.11. The van der Waals surface area contributed by atoms with E-state index in [9.17, 15) is 0 Å². The maximum absolute atomic E-state index is 3.44. The fourth-order valence-electron chi connectivity index (χ4n) is 1.65. The Bertz CT molecular complexity index is 278. The van der Waals surface area contributed by atoms with Crippen molar-refractivity contribution in [1.29, 1.82) is 0 Å². The number of aryl methyl sites for hydroxylation is 1. The van der Waals surface area contributed by atoms with Crippen LogP contribution in [0.4, 0.5) is 5.69 Å². The number of fused-ring (bicyclic) bond motifs is 1. The molecule has 1 aliphatic rings. The van der Waals surface area contributed by atoms with Crippen molar-refractivity contribution in [2.45, 2.75) is 26.3 Å². The van der Waals surface area contributed by atoms with Gasteiger partial charge in [-0.1, -0.05) is 12.1 Å². The van der Waals surface area contributed by atoms with Gasteiger partial charge in [0.25, 0.3) is 0 Å². The Labute approximate surface area is 67.4 Å². The Kier molecular flexibility index (Phi) is 1.38. The highest BCUT2D eigenvalue weighted by molar-refractivity contribution is 5.57. The third-order valence-electron chi connectivity index (χ3n) is 2.19. The largest absolute Gasteiger partial charge is 0.382 e. The van der Waals surface area contributed by atoms with E-state index in [1.165, 1.54) is 23.2 Å². The molecule has 0 saturated carbocycles. The van der Waals surface area contributed by atoms with E-state index in [0.29, 0.717) is 6.04 Å². The van der Waals surface area contributed by atoms with Crippen molar-refractivity contribution < 1.29 is 0 Å². The predicted molar refractivity (Wildman–Crippen MR) is 48.0 cm³/mol. The molecule has 1 aliphatic heterocycles. The molecule has 0 unspecified atom stereocenters. The minimum absolute atomic E-state index is 0.617. The van der Waals surface area contributed by atoms with Crippen molar-refractivity contribution in [2.75, 3.05) is 5.32 Å². The molecule has 1 aromatic carbocycles. The summed E-state index contributed by atoms with van der Waals surface area (Å²) in [5, 5.41) is 3.44. The van der Waals surface area contributed by atoms with Crippen LogP contribution >= 0.6 is 0 Å². The second kappa shape index (κ2) is 2.26. The van der Waals surface area contributed by atoms with E-state index in [2.05, 4.69) is 37.4 Å². The van der Waals surface area contributed by atoms with Crippen molar-refractivity contribution in [1.82, 2.24) is 0 Å². The zero-order valence-electron chi connectivity index (χ0n) is 7.02. The van der Waals surface area contributed by atoms with Crippen molar-refractivity contribution in [3.8, 4) is 0 Å². The van der Waals surface area contributed by atoms with Crippen molar-refractivity contribution in [2.24, 2.45) is 0 Å². The van der Waals surface area contributed by atoms with E-state index in [4.69, 9.17) is 0 Å². The smallest absolute Gasteiger partial charge is 0.0378 e. The van der Waals surface area contributed by atoms with Gasteiger partial charge >= 0.3 is 0 Å². The Morgan fingerprint density at radius 2 is 2.27 bits per heavy atom. The summed E-state index contributed by atoms with van der Waals surface area (Å²) in [5.41, 5.74) is 4.13. The lowest BCUT2D eigenvalue weighted by Gasteiger charge is -2.02. The molecule has 58 valence electrons. The highest BCUT2D eigenvalue weighted by Crippen LogP contribution is 2.26. The van der Waals surface area contributed by atoms with E-state index >= 15 is 0 Å². The molecule has 2 rings (SSSR count). The average molecular weight is 147 g/mol. The zero-order valence-corrected chi connectivity index (χ0v) is 7.02. The lowest BCUT2D eigenvalue weighted by Crippen LogP contribution is -2.08. The van der Waals surface area contributed by atoms with Crippen LogP contribution in [0.2, 0.25) is 0 Å². The quantitative estimate of drug-likeness (QED) is 0.594. The van der Waals surface area contributed by atoms with Crippen molar-refractivity contribution >= 4 is 5.69 Å². The molecule has 1 heteroatoms. The van der Waals surface area contributed by atoms with Gasteiger partial charge in [-0.05, 0) is 37.5 Å². The maximum atomic E-state index is 3.44. The van der Waals surface area contributed by atoms with Gasteiger partial charge in [-0.3, -0.25) is 0 Å². The summed E-state index contributed by atoms with van der Waals surface area (Å²) in [7, 11) is 0. The first kappa shape index (κ1) is 6.71. The highest BCUT2D eigenvalue weighted by atomic mass is 14.9. The number of nitrogens with one attached hydrogen (secondary N) is 1. The Hall–Kier alpha value is -0.980. The van der Waals surface area contributed by atoms with E-state index in [0.717, 1.165) is 0 Å². The van der Waals surface area contributed by atoms with Crippen LogP contribution in [0.25, 0.3) is 0 Å². The van der Waals surface area contributed by atoms with Crippen LogP contribution in [0.1, 0.15) is 18.1 Å². The summed E-state index contributed by atoms with van der Waals surface area (Å²) in [6.07, 6.45) is 1.18. The molecule has 1 aromatic rings. The highest BCUT2D eigenvalue weighted by Gasteiger charge is 2.15. The number of rotatable bonds is 0. The number of anilines is 1. The minimum atomic E-state index is 0.617. The second-order valence-electron chi connectivity index (χ2n) is 3.41. The van der Waals surface area contributed by atoms with Crippen molar-refractivity contribution in [3.05, 3.63) is 29.3 Å². The summed E-state index contributed by atoms with van der Waals surface area (Å²) in [6.45, 7) is 4.35. The van der Waals surface area contributed by atoms with Crippen LogP contribution in [-0.2, 0) is 6.42 Å². The molecule has 1 heterocycles. The fraction of sp³-hybridized carbons (Fsp3) is 0.400. The van der Waals surface area contributed by atoms with Gasteiger partial charge in [-0.2, -0.15) is 0 Å². The topological polar surface area (TPSA) is 12.0 Å².